The molecule has 0 aliphatic carbocycles. The third-order valence-electron chi connectivity index (χ3n) is 2.46. The number of carboxylic acids is 1. The number of carboxylic acid groups (broad SMARTS) is 1. The van der Waals surface area contributed by atoms with Crippen LogP contribution in [0.3, 0.4) is 0 Å². The van der Waals surface area contributed by atoms with Gasteiger partial charge in [-0.05, 0) is 18.5 Å². The highest BCUT2D eigenvalue weighted by Gasteiger charge is 2.18. The van der Waals surface area contributed by atoms with Crippen molar-refractivity contribution >= 4 is 23.5 Å². The molecule has 0 bridgehead atoms. The molecule has 1 rings (SSSR count). The minimum atomic E-state index is -1.18. The van der Waals surface area contributed by atoms with Crippen molar-refractivity contribution < 1.29 is 19.5 Å². The molecule has 110 valence electrons. The predicted molar refractivity (Wildman–Crippen MR) is 72.8 cm³/mol. The van der Waals surface area contributed by atoms with Crippen molar-refractivity contribution in [3.05, 3.63) is 40.3 Å². The van der Waals surface area contributed by atoms with Crippen LogP contribution in [0.25, 0.3) is 10.4 Å². The number of carbonyl (C=O) groups is 3. The van der Waals surface area contributed by atoms with Gasteiger partial charge in [-0.25, -0.2) is 0 Å². The van der Waals surface area contributed by atoms with Gasteiger partial charge in [-0.2, -0.15) is 0 Å². The zero-order chi connectivity index (χ0) is 15.8. The van der Waals surface area contributed by atoms with Crippen LogP contribution >= 0.6 is 0 Å². The molecule has 0 radical (unpaired) electrons. The predicted octanol–water partition coefficient (Wildman–Crippen LogP) is 0.947. The molecule has 0 aliphatic rings. The lowest BCUT2D eigenvalue weighted by Gasteiger charge is -2.14. The highest BCUT2D eigenvalue weighted by molar-refractivity contribution is 6.01. The minimum absolute atomic E-state index is 0.119. The summed E-state index contributed by atoms with van der Waals surface area (Å²) >= 11 is 0. The van der Waals surface area contributed by atoms with E-state index in [-0.39, 0.29) is 11.3 Å². The maximum Gasteiger partial charge on any atom is 0.322 e. The first kappa shape index (κ1) is 16.0. The molecule has 2 amide bonds. The second kappa shape index (κ2) is 7.51. The van der Waals surface area contributed by atoms with Gasteiger partial charge in [0.2, 0.25) is 5.91 Å². The molecule has 0 saturated heterocycles. The van der Waals surface area contributed by atoms with Crippen LogP contribution < -0.4 is 10.6 Å². The van der Waals surface area contributed by atoms with Crippen LogP contribution in [0.15, 0.2) is 29.4 Å². The molecule has 0 spiro atoms. The van der Waals surface area contributed by atoms with Crippen LogP contribution in [0, 0.1) is 0 Å². The van der Waals surface area contributed by atoms with Crippen LogP contribution in [0.4, 0.5) is 5.69 Å². The topological polar surface area (TPSA) is 144 Å². The average molecular weight is 291 g/mol. The molecule has 0 aromatic heterocycles. The maximum absolute atomic E-state index is 12.0. The van der Waals surface area contributed by atoms with E-state index >= 15 is 0 Å². The number of hydrogen-bond acceptors (Lipinski definition) is 4. The molecular formula is C12H13N5O4. The zero-order valence-electron chi connectivity index (χ0n) is 11.1. The number of carbonyl (C=O) groups excluding carboxylic acids is 2. The fourth-order valence-electron chi connectivity index (χ4n) is 1.46. The van der Waals surface area contributed by atoms with Crippen molar-refractivity contribution in [2.75, 3.05) is 6.54 Å². The highest BCUT2D eigenvalue weighted by atomic mass is 16.4. The van der Waals surface area contributed by atoms with E-state index in [0.717, 1.165) is 0 Å². The summed E-state index contributed by atoms with van der Waals surface area (Å²) < 4.78 is 0. The van der Waals surface area contributed by atoms with Gasteiger partial charge in [0, 0.05) is 10.5 Å². The van der Waals surface area contributed by atoms with E-state index in [0.29, 0.717) is 0 Å². The summed E-state index contributed by atoms with van der Waals surface area (Å²) in [6, 6.07) is 5.16. The lowest BCUT2D eigenvalue weighted by molar-refractivity contribution is -0.138. The standard InChI is InChI=1S/C12H13N5O4/c1-7(11(20)14-6-10(18)19)15-12(21)8-4-2-3-5-9(8)16-17-13/h2-5,7H,6H2,1H3,(H,14,20)(H,15,21)(H,18,19)/t7-/m0/s1. The minimum Gasteiger partial charge on any atom is -0.480 e. The second-order valence-corrected chi connectivity index (χ2v) is 4.01. The summed E-state index contributed by atoms with van der Waals surface area (Å²) in [4.78, 5) is 36.5. The molecule has 0 aliphatic heterocycles. The largest absolute Gasteiger partial charge is 0.480 e. The number of rotatable bonds is 6. The normalized spacial score (nSPS) is 10.9. The van der Waals surface area contributed by atoms with E-state index in [9.17, 15) is 14.4 Å². The van der Waals surface area contributed by atoms with Crippen LogP contribution in [0.2, 0.25) is 0 Å². The Kier molecular flexibility index (Phi) is 5.72. The molecule has 21 heavy (non-hydrogen) atoms. The van der Waals surface area contributed by atoms with Gasteiger partial charge in [0.05, 0.1) is 5.69 Å². The number of nitrogens with one attached hydrogen (secondary N) is 2. The second-order valence-electron chi connectivity index (χ2n) is 4.01. The lowest BCUT2D eigenvalue weighted by atomic mass is 10.1. The molecular weight excluding hydrogens is 278 g/mol. The van der Waals surface area contributed by atoms with Crippen molar-refractivity contribution in [2.45, 2.75) is 13.0 Å². The first-order valence-corrected chi connectivity index (χ1v) is 5.90. The molecule has 1 atom stereocenters. The first-order valence-electron chi connectivity index (χ1n) is 5.90. The smallest absolute Gasteiger partial charge is 0.322 e. The van der Waals surface area contributed by atoms with E-state index in [1.165, 1.54) is 19.1 Å². The number of aliphatic carboxylic acids is 1. The van der Waals surface area contributed by atoms with E-state index < -0.39 is 30.4 Å². The quantitative estimate of drug-likeness (QED) is 0.407. The van der Waals surface area contributed by atoms with Crippen LogP contribution in [0.5, 0.6) is 0 Å². The van der Waals surface area contributed by atoms with Gasteiger partial charge in [0.25, 0.3) is 5.91 Å². The highest BCUT2D eigenvalue weighted by Crippen LogP contribution is 2.18. The summed E-state index contributed by atoms with van der Waals surface area (Å²) in [5.74, 6) is -2.42. The summed E-state index contributed by atoms with van der Waals surface area (Å²) in [5.41, 5.74) is 8.68. The van der Waals surface area contributed by atoms with Gasteiger partial charge in [0.1, 0.15) is 12.6 Å². The van der Waals surface area contributed by atoms with Crippen LogP contribution in [-0.2, 0) is 9.59 Å². The average Bonchev–Trinajstić information content (AvgIpc) is 2.45. The van der Waals surface area contributed by atoms with E-state index in [2.05, 4.69) is 20.7 Å². The van der Waals surface area contributed by atoms with E-state index in [1.54, 1.807) is 12.1 Å². The Morgan fingerprint density at radius 1 is 1.38 bits per heavy atom. The van der Waals surface area contributed by atoms with Crippen molar-refractivity contribution in [1.82, 2.24) is 10.6 Å². The Balaban J connectivity index is 2.75. The SMILES string of the molecule is C[C@H](NC(=O)c1ccccc1N=[N+]=[N-])C(=O)NCC(=O)O. The summed E-state index contributed by atoms with van der Waals surface area (Å²) in [7, 11) is 0. The fraction of sp³-hybridized carbons (Fsp3) is 0.250. The Hall–Kier alpha value is -3.06. The molecule has 3 N–H and O–H groups in total. The van der Waals surface area contributed by atoms with Gasteiger partial charge in [-0.15, -0.1) is 0 Å². The van der Waals surface area contributed by atoms with E-state index in [1.807, 2.05) is 0 Å². The molecule has 0 fully saturated rings. The Bertz CT molecular complexity index is 609. The Morgan fingerprint density at radius 2 is 2.05 bits per heavy atom. The maximum atomic E-state index is 12.0. The number of nitrogens with zero attached hydrogens (tertiary/aromatic N) is 3. The number of hydrogen-bond donors (Lipinski definition) is 3. The molecule has 0 saturated carbocycles. The first-order chi connectivity index (χ1) is 9.95. The van der Waals surface area contributed by atoms with Crippen LogP contribution in [0.1, 0.15) is 17.3 Å². The summed E-state index contributed by atoms with van der Waals surface area (Å²) in [6.07, 6.45) is 0. The van der Waals surface area contributed by atoms with Gasteiger partial charge < -0.3 is 15.7 Å². The van der Waals surface area contributed by atoms with E-state index in [4.69, 9.17) is 10.6 Å². The molecule has 1 aromatic carbocycles. The molecule has 1 aromatic rings. The number of azide groups is 1. The Labute approximate surface area is 119 Å². The van der Waals surface area contributed by atoms with Gasteiger partial charge in [0.15, 0.2) is 0 Å². The van der Waals surface area contributed by atoms with Crippen LogP contribution in [-0.4, -0.2) is 35.5 Å². The van der Waals surface area contributed by atoms with Gasteiger partial charge in [-0.3, -0.25) is 14.4 Å². The third kappa shape index (κ3) is 4.84. The van der Waals surface area contributed by atoms with Gasteiger partial charge in [-0.1, -0.05) is 23.3 Å². The summed E-state index contributed by atoms with van der Waals surface area (Å²) in [6.45, 7) is 0.875. The number of amides is 2. The number of benzene rings is 1. The monoisotopic (exact) mass is 291 g/mol. The molecule has 0 unspecified atom stereocenters. The zero-order valence-corrected chi connectivity index (χ0v) is 11.1. The molecule has 9 heteroatoms. The summed E-state index contributed by atoms with van der Waals surface area (Å²) in [5, 5.41) is 16.4. The third-order valence-corrected chi connectivity index (χ3v) is 2.46. The van der Waals surface area contributed by atoms with Crippen molar-refractivity contribution in [1.29, 1.82) is 0 Å². The molecule has 0 heterocycles. The van der Waals surface area contributed by atoms with Crippen molar-refractivity contribution in [2.24, 2.45) is 5.11 Å². The molecule has 9 nitrogen and oxygen atoms in total. The fourth-order valence-corrected chi connectivity index (χ4v) is 1.46. The van der Waals surface area contributed by atoms with Gasteiger partial charge >= 0.3 is 5.97 Å². The van der Waals surface area contributed by atoms with Crippen molar-refractivity contribution in [3.63, 3.8) is 0 Å². The Morgan fingerprint density at radius 3 is 2.67 bits per heavy atom. The van der Waals surface area contributed by atoms with Crippen molar-refractivity contribution in [3.8, 4) is 0 Å². The lowest BCUT2D eigenvalue weighted by Crippen LogP contribution is -2.46.